The fourth-order valence-corrected chi connectivity index (χ4v) is 4.37. The molecular weight excluding hydrogens is 462 g/mol. The van der Waals surface area contributed by atoms with Crippen LogP contribution in [0.5, 0.6) is 0 Å². The molecule has 6 heteroatoms. The Morgan fingerprint density at radius 2 is 1.56 bits per heavy atom. The monoisotopic (exact) mass is 481 g/mol. The van der Waals surface area contributed by atoms with Crippen LogP contribution in [-0.2, 0) is 0 Å². The van der Waals surface area contributed by atoms with E-state index in [0.29, 0.717) is 17.7 Å². The molecule has 32 heavy (non-hydrogen) atoms. The Kier molecular flexibility index (Phi) is 5.34. The summed E-state index contributed by atoms with van der Waals surface area (Å²) in [5, 5.41) is 21.7. The summed E-state index contributed by atoms with van der Waals surface area (Å²) in [5.74, 6) is 0. The second kappa shape index (κ2) is 8.45. The van der Waals surface area contributed by atoms with Gasteiger partial charge in [-0.15, -0.1) is 0 Å². The summed E-state index contributed by atoms with van der Waals surface area (Å²) < 4.78 is 2.87. The van der Waals surface area contributed by atoms with Crippen LogP contribution in [0.15, 0.2) is 94.5 Å². The SMILES string of the molecule is Cc1nn(-c2ccccc2)c(C2=NN(c3ccc(Br)cc3)C(c3ccccc3)C2)c1C#N. The van der Waals surface area contributed by atoms with Crippen molar-refractivity contribution in [2.45, 2.75) is 19.4 Å². The average Bonchev–Trinajstić information content (AvgIpc) is 3.42. The van der Waals surface area contributed by atoms with Gasteiger partial charge in [0, 0.05) is 10.9 Å². The van der Waals surface area contributed by atoms with Crippen LogP contribution in [0.1, 0.15) is 35.0 Å². The van der Waals surface area contributed by atoms with Gasteiger partial charge in [0.15, 0.2) is 0 Å². The Morgan fingerprint density at radius 1 is 0.906 bits per heavy atom. The van der Waals surface area contributed by atoms with Crippen molar-refractivity contribution in [3.05, 3.63) is 112 Å². The van der Waals surface area contributed by atoms with Crippen LogP contribution >= 0.6 is 15.9 Å². The number of hydrogen-bond acceptors (Lipinski definition) is 4. The Balaban J connectivity index is 1.66. The van der Waals surface area contributed by atoms with Crippen molar-refractivity contribution in [1.29, 1.82) is 5.26 Å². The predicted octanol–water partition coefficient (Wildman–Crippen LogP) is 6.17. The molecule has 1 aliphatic heterocycles. The van der Waals surface area contributed by atoms with Gasteiger partial charge < -0.3 is 0 Å². The largest absolute Gasteiger partial charge is 0.257 e. The van der Waals surface area contributed by atoms with Crippen molar-refractivity contribution in [3.8, 4) is 11.8 Å². The summed E-state index contributed by atoms with van der Waals surface area (Å²) >= 11 is 3.52. The summed E-state index contributed by atoms with van der Waals surface area (Å²) in [6, 6.07) is 30.8. The molecule has 0 spiro atoms. The van der Waals surface area contributed by atoms with E-state index in [4.69, 9.17) is 10.2 Å². The van der Waals surface area contributed by atoms with E-state index in [2.05, 4.69) is 51.3 Å². The molecule has 1 aromatic heterocycles. The van der Waals surface area contributed by atoms with Gasteiger partial charge in [0.05, 0.1) is 28.8 Å². The molecule has 1 unspecified atom stereocenters. The smallest absolute Gasteiger partial charge is 0.108 e. The van der Waals surface area contributed by atoms with Gasteiger partial charge in [-0.05, 0) is 48.9 Å². The first-order valence-electron chi connectivity index (χ1n) is 10.4. The molecule has 4 aromatic rings. The zero-order valence-corrected chi connectivity index (χ0v) is 19.1. The van der Waals surface area contributed by atoms with E-state index in [-0.39, 0.29) is 6.04 Å². The lowest BCUT2D eigenvalue weighted by Gasteiger charge is -2.24. The molecule has 2 heterocycles. The number of halogens is 1. The van der Waals surface area contributed by atoms with Crippen molar-refractivity contribution in [3.63, 3.8) is 0 Å². The minimum atomic E-state index is 0.0262. The lowest BCUT2D eigenvalue weighted by molar-refractivity contribution is 0.708. The third-order valence-corrected chi connectivity index (χ3v) is 6.16. The first-order chi connectivity index (χ1) is 15.7. The Morgan fingerprint density at radius 3 is 2.22 bits per heavy atom. The van der Waals surface area contributed by atoms with Crippen molar-refractivity contribution in [2.24, 2.45) is 5.10 Å². The highest BCUT2D eigenvalue weighted by molar-refractivity contribution is 9.10. The van der Waals surface area contributed by atoms with Crippen LogP contribution in [-0.4, -0.2) is 15.5 Å². The molecule has 0 saturated carbocycles. The number of hydrazone groups is 1. The lowest BCUT2D eigenvalue weighted by atomic mass is 9.98. The lowest BCUT2D eigenvalue weighted by Crippen LogP contribution is -2.18. The normalized spacial score (nSPS) is 15.5. The molecule has 156 valence electrons. The summed E-state index contributed by atoms with van der Waals surface area (Å²) in [6.07, 6.45) is 0.673. The molecule has 5 nitrogen and oxygen atoms in total. The fourth-order valence-electron chi connectivity index (χ4n) is 4.10. The van der Waals surface area contributed by atoms with E-state index in [1.165, 1.54) is 5.56 Å². The van der Waals surface area contributed by atoms with E-state index >= 15 is 0 Å². The number of aryl methyl sites for hydroxylation is 1. The number of hydrogen-bond donors (Lipinski definition) is 0. The molecular formula is C26H20BrN5. The van der Waals surface area contributed by atoms with Crippen molar-refractivity contribution in [1.82, 2.24) is 9.78 Å². The number of rotatable bonds is 4. The highest BCUT2D eigenvalue weighted by atomic mass is 79.9. The molecule has 0 N–H and O–H groups in total. The molecule has 0 amide bonds. The number of aromatic nitrogens is 2. The minimum Gasteiger partial charge on any atom is -0.257 e. The van der Waals surface area contributed by atoms with Gasteiger partial charge in [0.1, 0.15) is 17.3 Å². The first kappa shape index (κ1) is 20.2. The summed E-state index contributed by atoms with van der Waals surface area (Å²) in [4.78, 5) is 0. The fraction of sp³-hybridized carbons (Fsp3) is 0.115. The van der Waals surface area contributed by atoms with Gasteiger partial charge in [-0.25, -0.2) is 4.68 Å². The van der Waals surface area contributed by atoms with Crippen LogP contribution in [0.2, 0.25) is 0 Å². The molecule has 1 atom stereocenters. The Bertz CT molecular complexity index is 1320. The molecule has 1 aliphatic rings. The van der Waals surface area contributed by atoms with E-state index in [1.807, 2.05) is 72.3 Å². The Labute approximate surface area is 195 Å². The molecule has 0 bridgehead atoms. The molecule has 0 aliphatic carbocycles. The van der Waals surface area contributed by atoms with Gasteiger partial charge in [-0.3, -0.25) is 5.01 Å². The van der Waals surface area contributed by atoms with Crippen LogP contribution in [0, 0.1) is 18.3 Å². The third-order valence-electron chi connectivity index (χ3n) is 5.63. The summed E-state index contributed by atoms with van der Waals surface area (Å²) in [7, 11) is 0. The van der Waals surface area contributed by atoms with Crippen molar-refractivity contribution in [2.75, 3.05) is 5.01 Å². The van der Waals surface area contributed by atoms with Crippen LogP contribution in [0.4, 0.5) is 5.69 Å². The predicted molar refractivity (Wildman–Crippen MR) is 130 cm³/mol. The minimum absolute atomic E-state index is 0.0262. The van der Waals surface area contributed by atoms with E-state index in [0.717, 1.165) is 27.3 Å². The Hall–Kier alpha value is -3.69. The second-order valence-corrected chi connectivity index (χ2v) is 8.58. The average molecular weight is 482 g/mol. The molecule has 5 rings (SSSR count). The number of benzene rings is 3. The second-order valence-electron chi connectivity index (χ2n) is 7.67. The maximum Gasteiger partial charge on any atom is 0.108 e. The number of nitrogens with zero attached hydrogens (tertiary/aromatic N) is 5. The molecule has 0 fully saturated rings. The molecule has 0 saturated heterocycles. The number of anilines is 1. The maximum atomic E-state index is 9.94. The van der Waals surface area contributed by atoms with Crippen molar-refractivity contribution < 1.29 is 0 Å². The highest BCUT2D eigenvalue weighted by Gasteiger charge is 2.33. The van der Waals surface area contributed by atoms with Crippen LogP contribution in [0.3, 0.4) is 0 Å². The van der Waals surface area contributed by atoms with E-state index < -0.39 is 0 Å². The third kappa shape index (κ3) is 3.61. The zero-order valence-electron chi connectivity index (χ0n) is 17.5. The van der Waals surface area contributed by atoms with Gasteiger partial charge in [-0.2, -0.15) is 15.5 Å². The quantitative estimate of drug-likeness (QED) is 0.350. The van der Waals surface area contributed by atoms with Gasteiger partial charge in [-0.1, -0.05) is 64.5 Å². The molecule has 0 radical (unpaired) electrons. The van der Waals surface area contributed by atoms with Crippen molar-refractivity contribution >= 4 is 27.3 Å². The topological polar surface area (TPSA) is 57.2 Å². The van der Waals surface area contributed by atoms with Gasteiger partial charge in [0.25, 0.3) is 0 Å². The first-order valence-corrected chi connectivity index (χ1v) is 11.2. The van der Waals surface area contributed by atoms with E-state index in [1.54, 1.807) is 0 Å². The van der Waals surface area contributed by atoms with Crippen LogP contribution in [0.25, 0.3) is 5.69 Å². The summed E-state index contributed by atoms with van der Waals surface area (Å²) in [5.41, 5.74) is 5.96. The van der Waals surface area contributed by atoms with Crippen LogP contribution < -0.4 is 5.01 Å². The van der Waals surface area contributed by atoms with Gasteiger partial charge >= 0.3 is 0 Å². The number of para-hydroxylation sites is 1. The zero-order chi connectivity index (χ0) is 22.1. The summed E-state index contributed by atoms with van der Waals surface area (Å²) in [6.45, 7) is 1.87. The molecule has 3 aromatic carbocycles. The highest BCUT2D eigenvalue weighted by Crippen LogP contribution is 2.38. The van der Waals surface area contributed by atoms with Gasteiger partial charge in [0.2, 0.25) is 0 Å². The number of nitriles is 1. The maximum absolute atomic E-state index is 9.94. The van der Waals surface area contributed by atoms with E-state index in [9.17, 15) is 5.26 Å². The standard InChI is InChI=1S/C26H20BrN5/c1-18-23(17-28)26(32(29-18)21-10-6-3-7-11-21)24-16-25(19-8-4-2-5-9-19)31(30-24)22-14-12-20(27)13-15-22/h2-15,25H,16H2,1H3.